The number of halogens is 1. The quantitative estimate of drug-likeness (QED) is 0.211. The highest BCUT2D eigenvalue weighted by Crippen LogP contribution is 2.27. The van der Waals surface area contributed by atoms with E-state index in [0.29, 0.717) is 23.8 Å². The molecule has 8 nitrogen and oxygen atoms in total. The topological polar surface area (TPSA) is 91.6 Å². The number of hydrogen-bond acceptors (Lipinski definition) is 5. The first kappa shape index (κ1) is 25.1. The summed E-state index contributed by atoms with van der Waals surface area (Å²) in [7, 11) is -3.37. The van der Waals surface area contributed by atoms with Gasteiger partial charge in [-0.2, -0.15) is 9.40 Å². The average Bonchev–Trinajstić information content (AvgIpc) is 3.42. The minimum atomic E-state index is -3.37. The van der Waals surface area contributed by atoms with Gasteiger partial charge in [0.2, 0.25) is 0 Å². The first-order valence-corrected chi connectivity index (χ1v) is 12.4. The van der Waals surface area contributed by atoms with Gasteiger partial charge in [-0.25, -0.2) is 13.4 Å². The average molecular weight is 567 g/mol. The van der Waals surface area contributed by atoms with Crippen LogP contribution in [0.4, 0.5) is 0 Å². The molecule has 3 heterocycles. The highest BCUT2D eigenvalue weighted by atomic mass is 127. The lowest BCUT2D eigenvalue weighted by molar-refractivity contribution is 0.347. The van der Waals surface area contributed by atoms with E-state index in [1.807, 2.05) is 29.9 Å². The van der Waals surface area contributed by atoms with E-state index < -0.39 is 10.0 Å². The molecule has 2 aromatic heterocycles. The molecule has 0 saturated carbocycles. The molecule has 0 radical (unpaired) electrons. The monoisotopic (exact) mass is 566 g/mol. The van der Waals surface area contributed by atoms with Crippen LogP contribution in [0.5, 0.6) is 0 Å². The van der Waals surface area contributed by atoms with Crippen molar-refractivity contribution >= 4 is 51.3 Å². The van der Waals surface area contributed by atoms with Gasteiger partial charge in [0.1, 0.15) is 4.21 Å². The lowest BCUT2D eigenvalue weighted by Gasteiger charge is -2.25. The molecule has 30 heavy (non-hydrogen) atoms. The second-order valence-corrected chi connectivity index (χ2v) is 10.3. The van der Waals surface area contributed by atoms with E-state index in [1.165, 1.54) is 11.3 Å². The van der Waals surface area contributed by atoms with Crippen molar-refractivity contribution in [1.82, 2.24) is 24.7 Å². The maximum atomic E-state index is 12.8. The first-order valence-electron chi connectivity index (χ1n) is 10.2. The molecule has 2 N–H and O–H groups in total. The number of sulfonamides is 1. The molecule has 0 atom stereocenters. The van der Waals surface area contributed by atoms with Gasteiger partial charge in [0.25, 0.3) is 10.0 Å². The summed E-state index contributed by atoms with van der Waals surface area (Å²) in [6.07, 6.45) is 7.66. The van der Waals surface area contributed by atoms with Crippen LogP contribution in [0.15, 0.2) is 39.8 Å². The summed E-state index contributed by atoms with van der Waals surface area (Å²) >= 11 is 1.32. The number of hydrogen-bond donors (Lipinski definition) is 2. The molecule has 0 aliphatic carbocycles. The number of rotatable bonds is 9. The fraction of sp³-hybridized carbons (Fsp3) is 0.579. The van der Waals surface area contributed by atoms with Gasteiger partial charge in [-0.05, 0) is 44.4 Å². The van der Waals surface area contributed by atoms with Gasteiger partial charge >= 0.3 is 0 Å². The van der Waals surface area contributed by atoms with Crippen molar-refractivity contribution in [3.05, 3.63) is 35.5 Å². The molecule has 3 rings (SSSR count). The lowest BCUT2D eigenvalue weighted by Crippen LogP contribution is -2.38. The number of aryl methyl sites for hydroxylation is 1. The minimum Gasteiger partial charge on any atom is -0.357 e. The number of piperidine rings is 1. The minimum absolute atomic E-state index is 0. The smallest absolute Gasteiger partial charge is 0.252 e. The number of aromatic nitrogens is 2. The molecule has 2 aromatic rings. The van der Waals surface area contributed by atoms with Crippen LogP contribution in [0.25, 0.3) is 0 Å². The Hall–Kier alpha value is -1.18. The zero-order valence-corrected chi connectivity index (χ0v) is 21.3. The Morgan fingerprint density at radius 3 is 2.73 bits per heavy atom. The third kappa shape index (κ3) is 7.20. The van der Waals surface area contributed by atoms with E-state index in [0.717, 1.165) is 56.2 Å². The summed E-state index contributed by atoms with van der Waals surface area (Å²) in [6, 6.07) is 5.50. The molecule has 1 fully saturated rings. The van der Waals surface area contributed by atoms with Crippen LogP contribution < -0.4 is 10.6 Å². The molecule has 0 bridgehead atoms. The summed E-state index contributed by atoms with van der Waals surface area (Å²) in [5.74, 6) is 0.738. The number of nitrogens with zero attached hydrogens (tertiary/aromatic N) is 4. The normalized spacial score (nSPS) is 15.6. The first-order chi connectivity index (χ1) is 14.1. The SMILES string of the molecule is CCNC(=NCc1ccc(S(=O)(=O)N2CCCCC2)s1)NCCCn1cccn1.I. The van der Waals surface area contributed by atoms with Crippen LogP contribution in [0.2, 0.25) is 0 Å². The maximum Gasteiger partial charge on any atom is 0.252 e. The van der Waals surface area contributed by atoms with Crippen LogP contribution in [0, 0.1) is 0 Å². The molecule has 1 saturated heterocycles. The molecule has 1 aliphatic heterocycles. The summed E-state index contributed by atoms with van der Waals surface area (Å²) in [5.41, 5.74) is 0. The standard InChI is InChI=1S/C19H30N6O2S2.HI/c1-2-20-19(21-10-6-12-24-13-7-11-23-24)22-16-17-8-9-18(28-17)29(26,27)25-14-4-3-5-15-25;/h7-9,11,13H,2-6,10,12,14-16H2,1H3,(H2,20,21,22);1H. The second-order valence-electron chi connectivity index (χ2n) is 6.93. The molecule has 0 amide bonds. The summed E-state index contributed by atoms with van der Waals surface area (Å²) in [6.45, 7) is 6.13. The van der Waals surface area contributed by atoms with Crippen LogP contribution in [-0.2, 0) is 23.1 Å². The molecular weight excluding hydrogens is 535 g/mol. The highest BCUT2D eigenvalue weighted by molar-refractivity contribution is 14.0. The summed E-state index contributed by atoms with van der Waals surface area (Å²) < 4.78 is 29.5. The van der Waals surface area contributed by atoms with Crippen molar-refractivity contribution in [2.75, 3.05) is 26.2 Å². The molecule has 0 spiro atoms. The zero-order valence-electron chi connectivity index (χ0n) is 17.3. The van der Waals surface area contributed by atoms with Crippen molar-refractivity contribution < 1.29 is 8.42 Å². The van der Waals surface area contributed by atoms with Gasteiger partial charge in [0.15, 0.2) is 5.96 Å². The van der Waals surface area contributed by atoms with E-state index >= 15 is 0 Å². The highest BCUT2D eigenvalue weighted by Gasteiger charge is 2.27. The summed E-state index contributed by atoms with van der Waals surface area (Å²) in [5, 5.41) is 10.7. The zero-order chi connectivity index (χ0) is 20.5. The van der Waals surface area contributed by atoms with Crippen molar-refractivity contribution in [3.8, 4) is 0 Å². The fourth-order valence-electron chi connectivity index (χ4n) is 3.19. The van der Waals surface area contributed by atoms with Gasteiger partial charge in [-0.15, -0.1) is 35.3 Å². The molecule has 168 valence electrons. The van der Waals surface area contributed by atoms with E-state index in [1.54, 1.807) is 16.6 Å². The fourth-order valence-corrected chi connectivity index (χ4v) is 6.15. The second kappa shape index (κ2) is 12.6. The van der Waals surface area contributed by atoms with Crippen LogP contribution in [0.3, 0.4) is 0 Å². The predicted molar refractivity (Wildman–Crippen MR) is 132 cm³/mol. The lowest BCUT2D eigenvalue weighted by atomic mass is 10.2. The van der Waals surface area contributed by atoms with Crippen molar-refractivity contribution in [1.29, 1.82) is 0 Å². The van der Waals surface area contributed by atoms with Gasteiger partial charge in [-0.1, -0.05) is 6.42 Å². The summed E-state index contributed by atoms with van der Waals surface area (Å²) in [4.78, 5) is 5.54. The predicted octanol–water partition coefficient (Wildman–Crippen LogP) is 2.88. The van der Waals surface area contributed by atoms with Crippen LogP contribution in [0.1, 0.15) is 37.5 Å². The van der Waals surface area contributed by atoms with E-state index in [-0.39, 0.29) is 24.0 Å². The number of aliphatic imine (C=N–C) groups is 1. The third-order valence-electron chi connectivity index (χ3n) is 4.70. The number of thiophene rings is 1. The van der Waals surface area contributed by atoms with E-state index in [9.17, 15) is 8.42 Å². The van der Waals surface area contributed by atoms with Crippen LogP contribution >= 0.6 is 35.3 Å². The molecule has 1 aliphatic rings. The van der Waals surface area contributed by atoms with Crippen molar-refractivity contribution in [2.45, 2.75) is 49.9 Å². The third-order valence-corrected chi connectivity index (χ3v) is 8.14. The maximum absolute atomic E-state index is 12.8. The van der Waals surface area contributed by atoms with Crippen LogP contribution in [-0.4, -0.2) is 54.6 Å². The Morgan fingerprint density at radius 1 is 1.23 bits per heavy atom. The number of guanidine groups is 1. The van der Waals surface area contributed by atoms with Gasteiger partial charge in [-0.3, -0.25) is 4.68 Å². The Labute approximate surface area is 200 Å². The Bertz CT molecular complexity index is 877. The van der Waals surface area contributed by atoms with Crippen molar-refractivity contribution in [3.63, 3.8) is 0 Å². The largest absolute Gasteiger partial charge is 0.357 e. The molecule has 0 unspecified atom stereocenters. The molecule has 0 aromatic carbocycles. The van der Waals surface area contributed by atoms with Gasteiger partial charge in [0, 0.05) is 50.0 Å². The number of nitrogens with one attached hydrogen (secondary N) is 2. The van der Waals surface area contributed by atoms with E-state index in [2.05, 4.69) is 20.7 Å². The molecular formula is C19H31IN6O2S2. The Kier molecular flexibility index (Phi) is 10.6. The van der Waals surface area contributed by atoms with Gasteiger partial charge < -0.3 is 10.6 Å². The van der Waals surface area contributed by atoms with Gasteiger partial charge in [0.05, 0.1) is 6.54 Å². The van der Waals surface area contributed by atoms with Crippen molar-refractivity contribution in [2.24, 2.45) is 4.99 Å². The Balaban J connectivity index is 0.00000320. The molecule has 11 heteroatoms. The Morgan fingerprint density at radius 2 is 2.03 bits per heavy atom. The van der Waals surface area contributed by atoms with E-state index in [4.69, 9.17) is 0 Å².